The number of alkyl halides is 1. The number of thiophene rings is 1. The first kappa shape index (κ1) is 15.1. The van der Waals surface area contributed by atoms with Crippen LogP contribution in [0, 0.1) is 13.8 Å². The predicted molar refractivity (Wildman–Crippen MR) is 85.4 cm³/mol. The van der Waals surface area contributed by atoms with E-state index < -0.39 is 5.38 Å². The van der Waals surface area contributed by atoms with Crippen LogP contribution in [0.25, 0.3) is 0 Å². The molecule has 0 fully saturated rings. The van der Waals surface area contributed by atoms with Gasteiger partial charge < -0.3 is 5.32 Å². The minimum atomic E-state index is -0.654. The standard InChI is InChI=1S/C16H18ClNOS/c1-10-9-14(12(3)20-10)11(2)18-16(19)15(17)13-7-5-4-6-8-13/h4-9,11,15H,1-3H3,(H,18,19). The molecule has 0 saturated heterocycles. The number of nitrogens with one attached hydrogen (secondary N) is 1. The van der Waals surface area contributed by atoms with Crippen LogP contribution in [0.2, 0.25) is 0 Å². The van der Waals surface area contributed by atoms with Crippen molar-refractivity contribution in [3.8, 4) is 0 Å². The molecule has 1 heterocycles. The Balaban J connectivity index is 2.06. The zero-order chi connectivity index (χ0) is 14.7. The van der Waals surface area contributed by atoms with Gasteiger partial charge in [0, 0.05) is 9.75 Å². The molecule has 0 spiro atoms. The maximum Gasteiger partial charge on any atom is 0.243 e. The van der Waals surface area contributed by atoms with E-state index in [1.807, 2.05) is 37.3 Å². The van der Waals surface area contributed by atoms with E-state index in [1.165, 1.54) is 9.75 Å². The summed E-state index contributed by atoms with van der Waals surface area (Å²) in [6.07, 6.45) is 0. The van der Waals surface area contributed by atoms with Gasteiger partial charge >= 0.3 is 0 Å². The van der Waals surface area contributed by atoms with Crippen molar-refractivity contribution in [3.63, 3.8) is 0 Å². The lowest BCUT2D eigenvalue weighted by Gasteiger charge is -2.17. The summed E-state index contributed by atoms with van der Waals surface area (Å²) in [6.45, 7) is 6.13. The van der Waals surface area contributed by atoms with E-state index >= 15 is 0 Å². The third-order valence-electron chi connectivity index (χ3n) is 3.23. The van der Waals surface area contributed by atoms with Crippen molar-refractivity contribution < 1.29 is 4.79 Å². The fourth-order valence-corrected chi connectivity index (χ4v) is 3.45. The SMILES string of the molecule is Cc1cc(C(C)NC(=O)C(Cl)c2ccccc2)c(C)s1. The Morgan fingerprint density at radius 2 is 1.90 bits per heavy atom. The van der Waals surface area contributed by atoms with E-state index in [1.54, 1.807) is 11.3 Å². The van der Waals surface area contributed by atoms with Crippen molar-refractivity contribution in [2.24, 2.45) is 0 Å². The molecule has 0 aliphatic rings. The van der Waals surface area contributed by atoms with Gasteiger partial charge in [-0.25, -0.2) is 0 Å². The van der Waals surface area contributed by atoms with E-state index in [4.69, 9.17) is 11.6 Å². The molecule has 1 aromatic carbocycles. The fourth-order valence-electron chi connectivity index (χ4n) is 2.22. The van der Waals surface area contributed by atoms with Crippen molar-refractivity contribution in [1.82, 2.24) is 5.32 Å². The molecule has 0 aliphatic heterocycles. The Labute approximate surface area is 128 Å². The lowest BCUT2D eigenvalue weighted by atomic mass is 10.1. The van der Waals surface area contributed by atoms with E-state index in [9.17, 15) is 4.79 Å². The second-order valence-electron chi connectivity index (χ2n) is 4.87. The third kappa shape index (κ3) is 3.41. The third-order valence-corrected chi connectivity index (χ3v) is 4.66. The Bertz CT molecular complexity index is 594. The minimum absolute atomic E-state index is 0.0302. The Morgan fingerprint density at radius 1 is 1.25 bits per heavy atom. The number of amides is 1. The molecule has 106 valence electrons. The number of hydrogen-bond donors (Lipinski definition) is 1. The molecule has 0 radical (unpaired) electrons. The summed E-state index contributed by atoms with van der Waals surface area (Å²) in [4.78, 5) is 14.7. The number of halogens is 1. The molecular formula is C16H18ClNOS. The summed E-state index contributed by atoms with van der Waals surface area (Å²) < 4.78 is 0. The monoisotopic (exact) mass is 307 g/mol. The highest BCUT2D eigenvalue weighted by molar-refractivity contribution is 7.12. The molecule has 2 atom stereocenters. The Kier molecular flexibility index (Phi) is 4.84. The van der Waals surface area contributed by atoms with Crippen LogP contribution < -0.4 is 5.32 Å². The summed E-state index contributed by atoms with van der Waals surface area (Å²) in [7, 11) is 0. The predicted octanol–water partition coefficient (Wildman–Crippen LogP) is 4.52. The number of rotatable bonds is 4. The normalized spacial score (nSPS) is 13.8. The highest BCUT2D eigenvalue weighted by Crippen LogP contribution is 2.27. The van der Waals surface area contributed by atoms with Gasteiger partial charge in [0.2, 0.25) is 5.91 Å². The van der Waals surface area contributed by atoms with Crippen LogP contribution in [0.15, 0.2) is 36.4 Å². The first-order valence-electron chi connectivity index (χ1n) is 6.55. The largest absolute Gasteiger partial charge is 0.348 e. The molecule has 20 heavy (non-hydrogen) atoms. The topological polar surface area (TPSA) is 29.1 Å². The zero-order valence-electron chi connectivity index (χ0n) is 11.8. The number of aryl methyl sites for hydroxylation is 2. The van der Waals surface area contributed by atoms with Gasteiger partial charge in [0.05, 0.1) is 6.04 Å². The Hall–Kier alpha value is -1.32. The smallest absolute Gasteiger partial charge is 0.243 e. The first-order valence-corrected chi connectivity index (χ1v) is 7.80. The van der Waals surface area contributed by atoms with Crippen LogP contribution in [-0.2, 0) is 4.79 Å². The lowest BCUT2D eigenvalue weighted by molar-refractivity contribution is -0.121. The summed E-state index contributed by atoms with van der Waals surface area (Å²) in [5.74, 6) is -0.159. The van der Waals surface area contributed by atoms with Gasteiger partial charge in [-0.05, 0) is 38.0 Å². The molecule has 0 bridgehead atoms. The van der Waals surface area contributed by atoms with E-state index in [-0.39, 0.29) is 11.9 Å². The van der Waals surface area contributed by atoms with Crippen LogP contribution >= 0.6 is 22.9 Å². The summed E-state index contributed by atoms with van der Waals surface area (Å²) in [5.41, 5.74) is 1.98. The van der Waals surface area contributed by atoms with Crippen LogP contribution in [0.4, 0.5) is 0 Å². The van der Waals surface area contributed by atoms with Gasteiger partial charge in [-0.3, -0.25) is 4.79 Å². The van der Waals surface area contributed by atoms with Crippen LogP contribution in [0.3, 0.4) is 0 Å². The highest BCUT2D eigenvalue weighted by Gasteiger charge is 2.20. The Morgan fingerprint density at radius 3 is 2.45 bits per heavy atom. The first-order chi connectivity index (χ1) is 9.49. The maximum absolute atomic E-state index is 12.2. The van der Waals surface area contributed by atoms with E-state index in [0.717, 1.165) is 11.1 Å². The molecule has 1 amide bonds. The van der Waals surface area contributed by atoms with Gasteiger partial charge in [-0.15, -0.1) is 22.9 Å². The van der Waals surface area contributed by atoms with Crippen molar-refractivity contribution in [3.05, 3.63) is 57.3 Å². The number of benzene rings is 1. The number of hydrogen-bond acceptors (Lipinski definition) is 2. The van der Waals surface area contributed by atoms with Gasteiger partial charge in [0.1, 0.15) is 5.38 Å². The van der Waals surface area contributed by atoms with Crippen molar-refractivity contribution >= 4 is 28.8 Å². The molecule has 4 heteroatoms. The molecule has 2 unspecified atom stereocenters. The quantitative estimate of drug-likeness (QED) is 0.827. The molecule has 1 aromatic heterocycles. The summed E-state index contributed by atoms with van der Waals surface area (Å²) in [5, 5.41) is 2.33. The fraction of sp³-hybridized carbons (Fsp3) is 0.312. The molecular weight excluding hydrogens is 290 g/mol. The van der Waals surface area contributed by atoms with Crippen molar-refractivity contribution in [2.75, 3.05) is 0 Å². The van der Waals surface area contributed by atoms with Gasteiger partial charge in [-0.2, -0.15) is 0 Å². The molecule has 1 N–H and O–H groups in total. The van der Waals surface area contributed by atoms with E-state index in [0.29, 0.717) is 0 Å². The lowest BCUT2D eigenvalue weighted by Crippen LogP contribution is -2.29. The molecule has 2 aromatic rings. The zero-order valence-corrected chi connectivity index (χ0v) is 13.4. The second-order valence-corrected chi connectivity index (χ2v) is 6.77. The van der Waals surface area contributed by atoms with Gasteiger partial charge in [0.15, 0.2) is 0 Å². The highest BCUT2D eigenvalue weighted by atomic mass is 35.5. The van der Waals surface area contributed by atoms with E-state index in [2.05, 4.69) is 25.2 Å². The second kappa shape index (κ2) is 6.42. The molecule has 2 nitrogen and oxygen atoms in total. The summed E-state index contributed by atoms with van der Waals surface area (Å²) >= 11 is 7.97. The van der Waals surface area contributed by atoms with Crippen molar-refractivity contribution in [1.29, 1.82) is 0 Å². The van der Waals surface area contributed by atoms with Crippen LogP contribution in [0.1, 0.15) is 39.2 Å². The summed E-state index contributed by atoms with van der Waals surface area (Å²) in [6, 6.07) is 11.5. The average molecular weight is 308 g/mol. The molecule has 0 aliphatic carbocycles. The average Bonchev–Trinajstić information content (AvgIpc) is 2.78. The van der Waals surface area contributed by atoms with Crippen LogP contribution in [0.5, 0.6) is 0 Å². The number of carbonyl (C=O) groups is 1. The maximum atomic E-state index is 12.2. The van der Waals surface area contributed by atoms with Gasteiger partial charge in [-0.1, -0.05) is 30.3 Å². The minimum Gasteiger partial charge on any atom is -0.348 e. The van der Waals surface area contributed by atoms with Crippen LogP contribution in [-0.4, -0.2) is 5.91 Å². The molecule has 2 rings (SSSR count). The van der Waals surface area contributed by atoms with Gasteiger partial charge in [0.25, 0.3) is 0 Å². The molecule has 0 saturated carbocycles. The van der Waals surface area contributed by atoms with Crippen molar-refractivity contribution in [2.45, 2.75) is 32.2 Å². The number of carbonyl (C=O) groups excluding carboxylic acids is 1.